The van der Waals surface area contributed by atoms with E-state index in [2.05, 4.69) is 25.1 Å². The van der Waals surface area contributed by atoms with Crippen molar-refractivity contribution in [3.8, 4) is 0 Å². The molecule has 0 atom stereocenters. The van der Waals surface area contributed by atoms with Gasteiger partial charge in [0.25, 0.3) is 0 Å². The Bertz CT molecular complexity index is 540. The predicted molar refractivity (Wildman–Crippen MR) is 75.0 cm³/mol. The van der Waals surface area contributed by atoms with E-state index in [0.29, 0.717) is 11.4 Å². The van der Waals surface area contributed by atoms with Crippen molar-refractivity contribution in [3.05, 3.63) is 65.0 Å². The van der Waals surface area contributed by atoms with E-state index in [4.69, 9.17) is 5.73 Å². The lowest BCUT2D eigenvalue weighted by atomic mass is 10.2. The summed E-state index contributed by atoms with van der Waals surface area (Å²) in [7, 11) is 0. The Morgan fingerprint density at radius 3 is 2.61 bits per heavy atom. The van der Waals surface area contributed by atoms with E-state index in [9.17, 15) is 4.39 Å². The molecule has 0 aliphatic carbocycles. The summed E-state index contributed by atoms with van der Waals surface area (Å²) < 4.78 is 13.7. The molecule has 1 nitrogen and oxygen atoms in total. The fraction of sp³-hybridized carbons (Fsp3) is 0.200. The molecule has 0 heterocycles. The van der Waals surface area contributed by atoms with Crippen LogP contribution in [-0.2, 0) is 12.3 Å². The zero-order valence-corrected chi connectivity index (χ0v) is 11.1. The molecule has 0 bridgehead atoms. The molecule has 3 heteroatoms. The lowest BCUT2D eigenvalue weighted by molar-refractivity contribution is 0.599. The SMILES string of the molecule is Cc1cccc(CSc2ccc(CN)cc2F)c1. The van der Waals surface area contributed by atoms with Gasteiger partial charge in [0, 0.05) is 17.2 Å². The van der Waals surface area contributed by atoms with Crippen molar-refractivity contribution < 1.29 is 4.39 Å². The number of thioether (sulfide) groups is 1. The fourth-order valence-corrected chi connectivity index (χ4v) is 2.61. The molecule has 0 saturated heterocycles. The van der Waals surface area contributed by atoms with Crippen LogP contribution in [0.25, 0.3) is 0 Å². The highest BCUT2D eigenvalue weighted by atomic mass is 32.2. The molecule has 18 heavy (non-hydrogen) atoms. The van der Waals surface area contributed by atoms with E-state index in [1.165, 1.54) is 29.0 Å². The molecule has 0 radical (unpaired) electrons. The smallest absolute Gasteiger partial charge is 0.137 e. The Balaban J connectivity index is 2.06. The minimum atomic E-state index is -0.185. The van der Waals surface area contributed by atoms with Crippen molar-refractivity contribution in [1.29, 1.82) is 0 Å². The van der Waals surface area contributed by atoms with E-state index in [0.717, 1.165) is 11.3 Å². The van der Waals surface area contributed by atoms with Crippen LogP contribution in [0.4, 0.5) is 4.39 Å². The molecule has 2 aromatic carbocycles. The van der Waals surface area contributed by atoms with Gasteiger partial charge in [0.1, 0.15) is 5.82 Å². The van der Waals surface area contributed by atoms with Gasteiger partial charge in [-0.2, -0.15) is 0 Å². The second-order valence-corrected chi connectivity index (χ2v) is 5.26. The topological polar surface area (TPSA) is 26.0 Å². The summed E-state index contributed by atoms with van der Waals surface area (Å²) in [6, 6.07) is 13.5. The van der Waals surface area contributed by atoms with Gasteiger partial charge < -0.3 is 5.73 Å². The molecule has 0 saturated carbocycles. The number of hydrogen-bond acceptors (Lipinski definition) is 2. The van der Waals surface area contributed by atoms with Gasteiger partial charge in [0.2, 0.25) is 0 Å². The van der Waals surface area contributed by atoms with Crippen molar-refractivity contribution in [2.75, 3.05) is 0 Å². The Labute approximate surface area is 111 Å². The molecule has 2 rings (SSSR count). The maximum atomic E-state index is 13.7. The quantitative estimate of drug-likeness (QED) is 0.845. The number of benzene rings is 2. The molecule has 0 aromatic heterocycles. The highest BCUT2D eigenvalue weighted by molar-refractivity contribution is 7.98. The van der Waals surface area contributed by atoms with Crippen molar-refractivity contribution in [3.63, 3.8) is 0 Å². The Morgan fingerprint density at radius 1 is 1.11 bits per heavy atom. The summed E-state index contributed by atoms with van der Waals surface area (Å²) in [4.78, 5) is 0.675. The third kappa shape index (κ3) is 3.34. The lowest BCUT2D eigenvalue weighted by Crippen LogP contribution is -1.97. The van der Waals surface area contributed by atoms with Crippen LogP contribution in [0.3, 0.4) is 0 Å². The van der Waals surface area contributed by atoms with Crippen LogP contribution >= 0.6 is 11.8 Å². The number of halogens is 1. The number of nitrogens with two attached hydrogens (primary N) is 1. The second-order valence-electron chi connectivity index (χ2n) is 4.25. The first-order valence-corrected chi connectivity index (χ1v) is 6.84. The lowest BCUT2D eigenvalue weighted by Gasteiger charge is -2.06. The maximum Gasteiger partial charge on any atom is 0.137 e. The van der Waals surface area contributed by atoms with Crippen LogP contribution < -0.4 is 5.73 Å². The molecule has 0 amide bonds. The molecular formula is C15H16FNS. The first-order chi connectivity index (χ1) is 8.69. The van der Waals surface area contributed by atoms with Crippen LogP contribution in [0.2, 0.25) is 0 Å². The molecular weight excluding hydrogens is 245 g/mol. The minimum absolute atomic E-state index is 0.185. The zero-order chi connectivity index (χ0) is 13.0. The van der Waals surface area contributed by atoms with Crippen LogP contribution in [0, 0.1) is 12.7 Å². The number of aryl methyl sites for hydroxylation is 1. The molecule has 0 unspecified atom stereocenters. The van der Waals surface area contributed by atoms with Gasteiger partial charge in [0.15, 0.2) is 0 Å². The fourth-order valence-electron chi connectivity index (χ4n) is 1.75. The summed E-state index contributed by atoms with van der Waals surface area (Å²) >= 11 is 1.51. The largest absolute Gasteiger partial charge is 0.326 e. The van der Waals surface area contributed by atoms with Crippen molar-refractivity contribution in [1.82, 2.24) is 0 Å². The first kappa shape index (κ1) is 13.1. The van der Waals surface area contributed by atoms with E-state index < -0.39 is 0 Å². The molecule has 2 aromatic rings. The average molecular weight is 261 g/mol. The number of rotatable bonds is 4. The van der Waals surface area contributed by atoms with E-state index in [1.807, 2.05) is 12.1 Å². The Morgan fingerprint density at radius 2 is 1.94 bits per heavy atom. The van der Waals surface area contributed by atoms with Crippen LogP contribution in [0.5, 0.6) is 0 Å². The van der Waals surface area contributed by atoms with Gasteiger partial charge in [-0.1, -0.05) is 35.9 Å². The summed E-state index contributed by atoms with van der Waals surface area (Å²) in [5.74, 6) is 0.594. The van der Waals surface area contributed by atoms with Crippen LogP contribution in [0.15, 0.2) is 47.4 Å². The van der Waals surface area contributed by atoms with Crippen molar-refractivity contribution in [2.45, 2.75) is 24.1 Å². The monoisotopic (exact) mass is 261 g/mol. The molecule has 2 N–H and O–H groups in total. The molecule has 94 valence electrons. The van der Waals surface area contributed by atoms with Gasteiger partial charge in [-0.15, -0.1) is 11.8 Å². The van der Waals surface area contributed by atoms with Crippen molar-refractivity contribution >= 4 is 11.8 Å². The normalized spacial score (nSPS) is 10.6. The predicted octanol–water partition coefficient (Wildman–Crippen LogP) is 3.89. The molecule has 0 aliphatic heterocycles. The van der Waals surface area contributed by atoms with Crippen molar-refractivity contribution in [2.24, 2.45) is 5.73 Å². The molecule has 0 spiro atoms. The second kappa shape index (κ2) is 6.03. The Kier molecular flexibility index (Phi) is 4.39. The van der Waals surface area contributed by atoms with E-state index in [1.54, 1.807) is 6.07 Å². The Hall–Kier alpha value is -1.32. The summed E-state index contributed by atoms with van der Waals surface area (Å²) in [5.41, 5.74) is 8.74. The summed E-state index contributed by atoms with van der Waals surface area (Å²) in [5, 5.41) is 0. The third-order valence-electron chi connectivity index (χ3n) is 2.71. The van der Waals surface area contributed by atoms with E-state index >= 15 is 0 Å². The first-order valence-electron chi connectivity index (χ1n) is 5.86. The van der Waals surface area contributed by atoms with Gasteiger partial charge in [0.05, 0.1) is 0 Å². The summed E-state index contributed by atoms with van der Waals surface area (Å²) in [6.45, 7) is 2.44. The molecule has 0 aliphatic rings. The maximum absolute atomic E-state index is 13.7. The minimum Gasteiger partial charge on any atom is -0.326 e. The van der Waals surface area contributed by atoms with Gasteiger partial charge in [-0.25, -0.2) is 4.39 Å². The number of hydrogen-bond donors (Lipinski definition) is 1. The van der Waals surface area contributed by atoms with E-state index in [-0.39, 0.29) is 5.82 Å². The molecule has 0 fully saturated rings. The zero-order valence-electron chi connectivity index (χ0n) is 10.3. The average Bonchev–Trinajstić information content (AvgIpc) is 2.37. The third-order valence-corrected chi connectivity index (χ3v) is 3.83. The van der Waals surface area contributed by atoms with Gasteiger partial charge in [-0.05, 0) is 30.2 Å². The standard InChI is InChI=1S/C15H16FNS/c1-11-3-2-4-13(7-11)10-18-15-6-5-12(9-17)8-14(15)16/h2-8H,9-10,17H2,1H3. The van der Waals surface area contributed by atoms with Crippen LogP contribution in [-0.4, -0.2) is 0 Å². The van der Waals surface area contributed by atoms with Gasteiger partial charge in [-0.3, -0.25) is 0 Å². The van der Waals surface area contributed by atoms with Gasteiger partial charge >= 0.3 is 0 Å². The highest BCUT2D eigenvalue weighted by Gasteiger charge is 2.04. The highest BCUT2D eigenvalue weighted by Crippen LogP contribution is 2.26. The summed E-state index contributed by atoms with van der Waals surface area (Å²) in [6.07, 6.45) is 0. The van der Waals surface area contributed by atoms with Crippen LogP contribution in [0.1, 0.15) is 16.7 Å².